The fourth-order valence-corrected chi connectivity index (χ4v) is 2.40. The van der Waals surface area contributed by atoms with Crippen LogP contribution in [0.3, 0.4) is 0 Å². The van der Waals surface area contributed by atoms with Crippen LogP contribution in [0.5, 0.6) is 0 Å². The van der Waals surface area contributed by atoms with E-state index in [-0.39, 0.29) is 5.91 Å². The zero-order valence-electron chi connectivity index (χ0n) is 10.9. The summed E-state index contributed by atoms with van der Waals surface area (Å²) >= 11 is 0. The molecule has 0 saturated carbocycles. The Labute approximate surface area is 112 Å². The highest BCUT2D eigenvalue weighted by Gasteiger charge is 2.34. The van der Waals surface area contributed by atoms with Crippen LogP contribution in [-0.2, 0) is 14.3 Å². The van der Waals surface area contributed by atoms with Crippen molar-refractivity contribution in [3.05, 3.63) is 0 Å². The molecule has 2 aliphatic heterocycles. The van der Waals surface area contributed by atoms with E-state index in [0.29, 0.717) is 19.4 Å². The average molecular weight is 271 g/mol. The third-order valence-corrected chi connectivity index (χ3v) is 3.52. The van der Waals surface area contributed by atoms with Gasteiger partial charge in [0.05, 0.1) is 0 Å². The molecule has 0 aromatic carbocycles. The lowest BCUT2D eigenvalue weighted by Crippen LogP contribution is -2.47. The quantitative estimate of drug-likeness (QED) is 0.572. The predicted molar refractivity (Wildman–Crippen MR) is 67.9 cm³/mol. The van der Waals surface area contributed by atoms with E-state index in [4.69, 9.17) is 9.84 Å². The molecule has 0 bridgehead atoms. The van der Waals surface area contributed by atoms with Gasteiger partial charge in [-0.25, -0.2) is 4.79 Å². The monoisotopic (exact) mass is 271 g/mol. The number of nitrogens with one attached hydrogen (secondary N) is 2. The largest absolute Gasteiger partial charge is 0.479 e. The maximum atomic E-state index is 11.8. The molecule has 2 aliphatic rings. The molecule has 0 spiro atoms. The lowest BCUT2D eigenvalue weighted by atomic mass is 10.2. The molecule has 0 radical (unpaired) electrons. The number of aliphatic carboxylic acids is 1. The number of hydrogen-bond donors (Lipinski definition) is 3. The van der Waals surface area contributed by atoms with Gasteiger partial charge in [0.25, 0.3) is 0 Å². The van der Waals surface area contributed by atoms with Crippen LogP contribution in [0.1, 0.15) is 12.8 Å². The van der Waals surface area contributed by atoms with Crippen LogP contribution in [0.25, 0.3) is 0 Å². The summed E-state index contributed by atoms with van der Waals surface area (Å²) in [7, 11) is 0. The van der Waals surface area contributed by atoms with Gasteiger partial charge >= 0.3 is 5.97 Å². The summed E-state index contributed by atoms with van der Waals surface area (Å²) in [5, 5.41) is 14.9. The molecule has 2 atom stereocenters. The molecule has 1 amide bonds. The normalized spacial score (nSPS) is 28.2. The van der Waals surface area contributed by atoms with Gasteiger partial charge < -0.3 is 20.5 Å². The SMILES string of the molecule is O=C(O)C1CCC(C(=O)NCCN2CCNCC2)O1. The molecule has 0 aromatic rings. The molecule has 2 saturated heterocycles. The minimum absolute atomic E-state index is 0.195. The van der Waals surface area contributed by atoms with Gasteiger partial charge in [-0.3, -0.25) is 9.69 Å². The van der Waals surface area contributed by atoms with Crippen molar-refractivity contribution in [1.82, 2.24) is 15.5 Å². The Morgan fingerprint density at radius 3 is 2.58 bits per heavy atom. The molecule has 108 valence electrons. The Bertz CT molecular complexity index is 331. The van der Waals surface area contributed by atoms with Crippen molar-refractivity contribution in [2.45, 2.75) is 25.0 Å². The van der Waals surface area contributed by atoms with Gasteiger partial charge in [-0.15, -0.1) is 0 Å². The summed E-state index contributed by atoms with van der Waals surface area (Å²) in [5.74, 6) is -1.19. The summed E-state index contributed by atoms with van der Waals surface area (Å²) in [6, 6.07) is 0. The maximum absolute atomic E-state index is 11.8. The van der Waals surface area contributed by atoms with Gasteiger partial charge in [-0.2, -0.15) is 0 Å². The number of hydrogen-bond acceptors (Lipinski definition) is 5. The Morgan fingerprint density at radius 2 is 1.95 bits per heavy atom. The first-order valence-electron chi connectivity index (χ1n) is 6.76. The second-order valence-corrected chi connectivity index (χ2v) is 4.91. The first-order valence-corrected chi connectivity index (χ1v) is 6.76. The van der Waals surface area contributed by atoms with E-state index in [1.165, 1.54) is 0 Å². The highest BCUT2D eigenvalue weighted by Crippen LogP contribution is 2.19. The van der Waals surface area contributed by atoms with Crippen molar-refractivity contribution in [2.75, 3.05) is 39.3 Å². The molecule has 7 heteroatoms. The van der Waals surface area contributed by atoms with Crippen LogP contribution in [0, 0.1) is 0 Å². The van der Waals surface area contributed by atoms with Crippen molar-refractivity contribution in [3.63, 3.8) is 0 Å². The number of carboxylic acid groups (broad SMARTS) is 1. The Balaban J connectivity index is 1.63. The van der Waals surface area contributed by atoms with Gasteiger partial charge in [0.1, 0.15) is 6.10 Å². The van der Waals surface area contributed by atoms with Crippen LogP contribution in [0.4, 0.5) is 0 Å². The van der Waals surface area contributed by atoms with Gasteiger partial charge in [0.2, 0.25) is 5.91 Å². The van der Waals surface area contributed by atoms with E-state index >= 15 is 0 Å². The molecule has 2 unspecified atom stereocenters. The number of amides is 1. The summed E-state index contributed by atoms with van der Waals surface area (Å²) in [5.41, 5.74) is 0. The fourth-order valence-electron chi connectivity index (χ4n) is 2.40. The Kier molecular flexibility index (Phi) is 5.12. The highest BCUT2D eigenvalue weighted by molar-refractivity contribution is 5.82. The predicted octanol–water partition coefficient (Wildman–Crippen LogP) is -1.36. The molecule has 0 aromatic heterocycles. The van der Waals surface area contributed by atoms with Crippen LogP contribution in [-0.4, -0.2) is 73.4 Å². The number of carbonyl (C=O) groups excluding carboxylic acids is 1. The van der Waals surface area contributed by atoms with Crippen molar-refractivity contribution in [1.29, 1.82) is 0 Å². The van der Waals surface area contributed by atoms with Crippen molar-refractivity contribution < 1.29 is 19.4 Å². The van der Waals surface area contributed by atoms with Gasteiger partial charge in [0.15, 0.2) is 6.10 Å². The van der Waals surface area contributed by atoms with Crippen LogP contribution < -0.4 is 10.6 Å². The Hall–Kier alpha value is -1.18. The number of ether oxygens (including phenoxy) is 1. The molecule has 2 heterocycles. The number of carboxylic acids is 1. The first kappa shape index (κ1) is 14.2. The fraction of sp³-hybridized carbons (Fsp3) is 0.833. The number of rotatable bonds is 5. The van der Waals surface area contributed by atoms with Crippen molar-refractivity contribution in [2.24, 2.45) is 0 Å². The third-order valence-electron chi connectivity index (χ3n) is 3.52. The average Bonchev–Trinajstić information content (AvgIpc) is 2.89. The van der Waals surface area contributed by atoms with E-state index < -0.39 is 18.2 Å². The first-order chi connectivity index (χ1) is 9.16. The van der Waals surface area contributed by atoms with Crippen LogP contribution in [0.15, 0.2) is 0 Å². The van der Waals surface area contributed by atoms with Crippen molar-refractivity contribution in [3.8, 4) is 0 Å². The van der Waals surface area contributed by atoms with Gasteiger partial charge in [-0.1, -0.05) is 0 Å². The van der Waals surface area contributed by atoms with Crippen LogP contribution >= 0.6 is 0 Å². The number of piperazine rings is 1. The molecule has 3 N–H and O–H groups in total. The number of nitrogens with zero attached hydrogens (tertiary/aromatic N) is 1. The lowest BCUT2D eigenvalue weighted by Gasteiger charge is -2.27. The molecule has 19 heavy (non-hydrogen) atoms. The van der Waals surface area contributed by atoms with E-state index in [1.807, 2.05) is 0 Å². The topological polar surface area (TPSA) is 90.9 Å². The second kappa shape index (κ2) is 6.83. The summed E-state index contributed by atoms with van der Waals surface area (Å²) in [6.45, 7) is 5.37. The summed E-state index contributed by atoms with van der Waals surface area (Å²) in [6.07, 6.45) is -0.546. The summed E-state index contributed by atoms with van der Waals surface area (Å²) in [4.78, 5) is 24.8. The molecular formula is C12H21N3O4. The standard InChI is InChI=1S/C12H21N3O4/c16-11(9-1-2-10(19-9)12(17)18)14-5-8-15-6-3-13-4-7-15/h9-10,13H,1-8H2,(H,14,16)(H,17,18). The van der Waals surface area contributed by atoms with Crippen molar-refractivity contribution >= 4 is 11.9 Å². The van der Waals surface area contributed by atoms with Crippen LogP contribution in [0.2, 0.25) is 0 Å². The Morgan fingerprint density at radius 1 is 1.26 bits per heavy atom. The molecule has 2 fully saturated rings. The zero-order chi connectivity index (χ0) is 13.7. The third kappa shape index (κ3) is 4.15. The van der Waals surface area contributed by atoms with E-state index in [0.717, 1.165) is 32.7 Å². The second-order valence-electron chi connectivity index (χ2n) is 4.91. The minimum atomic E-state index is -0.990. The minimum Gasteiger partial charge on any atom is -0.479 e. The summed E-state index contributed by atoms with van der Waals surface area (Å²) < 4.78 is 5.19. The van der Waals surface area contributed by atoms with E-state index in [1.54, 1.807) is 0 Å². The highest BCUT2D eigenvalue weighted by atomic mass is 16.5. The van der Waals surface area contributed by atoms with Gasteiger partial charge in [-0.05, 0) is 12.8 Å². The molecule has 0 aliphatic carbocycles. The van der Waals surface area contributed by atoms with E-state index in [2.05, 4.69) is 15.5 Å². The molecule has 2 rings (SSSR count). The maximum Gasteiger partial charge on any atom is 0.332 e. The van der Waals surface area contributed by atoms with Gasteiger partial charge in [0, 0.05) is 39.3 Å². The zero-order valence-corrected chi connectivity index (χ0v) is 10.9. The molecule has 7 nitrogen and oxygen atoms in total. The van der Waals surface area contributed by atoms with E-state index in [9.17, 15) is 9.59 Å². The number of carbonyl (C=O) groups is 2. The lowest BCUT2D eigenvalue weighted by molar-refractivity contribution is -0.151. The molecular weight excluding hydrogens is 250 g/mol. The smallest absolute Gasteiger partial charge is 0.332 e.